The van der Waals surface area contributed by atoms with Crippen LogP contribution in [0.3, 0.4) is 0 Å². The lowest BCUT2D eigenvalue weighted by Gasteiger charge is -2.32. The summed E-state index contributed by atoms with van der Waals surface area (Å²) in [6, 6.07) is 0.525. The SMILES string of the molecule is O=C(O)C1COCCN1C(=O)Cn1cccnc1=O. The second-order valence-electron chi connectivity index (χ2n) is 4.05. The molecule has 1 N–H and O–H groups in total. The standard InChI is InChI=1S/C11H13N3O5/c15-9(6-13-3-1-2-12-11(13)18)14-4-5-19-7-8(14)10(16)17/h1-3,8H,4-7H2,(H,16,17). The van der Waals surface area contributed by atoms with Crippen LogP contribution in [0.1, 0.15) is 0 Å². The number of carbonyl (C=O) groups is 2. The van der Waals surface area contributed by atoms with Crippen LogP contribution in [0.2, 0.25) is 0 Å². The number of ether oxygens (including phenoxy) is 1. The summed E-state index contributed by atoms with van der Waals surface area (Å²) in [5, 5.41) is 9.02. The van der Waals surface area contributed by atoms with Crippen molar-refractivity contribution in [1.29, 1.82) is 0 Å². The summed E-state index contributed by atoms with van der Waals surface area (Å²) in [6.07, 6.45) is 2.77. The van der Waals surface area contributed by atoms with Crippen molar-refractivity contribution in [2.45, 2.75) is 12.6 Å². The van der Waals surface area contributed by atoms with Gasteiger partial charge >= 0.3 is 11.7 Å². The first kappa shape index (κ1) is 13.2. The minimum absolute atomic E-state index is 0.0387. The number of aliphatic carboxylic acids is 1. The summed E-state index contributed by atoms with van der Waals surface area (Å²) in [5.41, 5.74) is -0.545. The number of hydrogen-bond donors (Lipinski definition) is 1. The first-order chi connectivity index (χ1) is 9.09. The van der Waals surface area contributed by atoms with Gasteiger partial charge in [0.25, 0.3) is 0 Å². The van der Waals surface area contributed by atoms with Gasteiger partial charge in [0.15, 0.2) is 6.04 Å². The Morgan fingerprint density at radius 2 is 2.32 bits per heavy atom. The molecule has 0 saturated carbocycles. The molecular weight excluding hydrogens is 254 g/mol. The van der Waals surface area contributed by atoms with Crippen LogP contribution in [0.5, 0.6) is 0 Å². The Balaban J connectivity index is 2.12. The van der Waals surface area contributed by atoms with E-state index in [0.717, 1.165) is 4.57 Å². The van der Waals surface area contributed by atoms with E-state index < -0.39 is 23.6 Å². The van der Waals surface area contributed by atoms with E-state index in [4.69, 9.17) is 9.84 Å². The van der Waals surface area contributed by atoms with Crippen molar-refractivity contribution in [2.24, 2.45) is 0 Å². The van der Waals surface area contributed by atoms with Gasteiger partial charge in [0.1, 0.15) is 6.54 Å². The zero-order valence-corrected chi connectivity index (χ0v) is 10.1. The molecule has 1 saturated heterocycles. The maximum absolute atomic E-state index is 12.1. The van der Waals surface area contributed by atoms with E-state index in [-0.39, 0.29) is 26.3 Å². The highest BCUT2D eigenvalue weighted by Gasteiger charge is 2.32. The summed E-state index contributed by atoms with van der Waals surface area (Å²) in [4.78, 5) is 39.2. The van der Waals surface area contributed by atoms with Gasteiger partial charge in [-0.3, -0.25) is 9.36 Å². The molecule has 8 nitrogen and oxygen atoms in total. The van der Waals surface area contributed by atoms with Gasteiger partial charge in [-0.1, -0.05) is 0 Å². The predicted molar refractivity (Wildman–Crippen MR) is 62.5 cm³/mol. The topological polar surface area (TPSA) is 102 Å². The second kappa shape index (κ2) is 5.61. The molecule has 0 bridgehead atoms. The van der Waals surface area contributed by atoms with Crippen molar-refractivity contribution >= 4 is 11.9 Å². The fourth-order valence-electron chi connectivity index (χ4n) is 1.85. The van der Waals surface area contributed by atoms with Gasteiger partial charge < -0.3 is 14.7 Å². The van der Waals surface area contributed by atoms with Crippen LogP contribution in [0.15, 0.2) is 23.3 Å². The molecule has 1 atom stereocenters. The molecule has 1 aromatic heterocycles. The minimum Gasteiger partial charge on any atom is -0.480 e. The zero-order valence-electron chi connectivity index (χ0n) is 10.1. The van der Waals surface area contributed by atoms with Crippen molar-refractivity contribution in [2.75, 3.05) is 19.8 Å². The molecule has 2 rings (SSSR count). The summed E-state index contributed by atoms with van der Waals surface area (Å²) in [7, 11) is 0. The van der Waals surface area contributed by atoms with Crippen molar-refractivity contribution < 1.29 is 19.4 Å². The van der Waals surface area contributed by atoms with Crippen molar-refractivity contribution in [3.8, 4) is 0 Å². The van der Waals surface area contributed by atoms with Crippen molar-refractivity contribution in [3.63, 3.8) is 0 Å². The lowest BCUT2D eigenvalue weighted by molar-refractivity contribution is -0.158. The van der Waals surface area contributed by atoms with Crippen LogP contribution in [0.4, 0.5) is 0 Å². The average molecular weight is 267 g/mol. The number of amides is 1. The first-order valence-corrected chi connectivity index (χ1v) is 5.71. The van der Waals surface area contributed by atoms with Gasteiger partial charge in [-0.15, -0.1) is 0 Å². The molecule has 0 aromatic carbocycles. The molecule has 1 aromatic rings. The molecule has 1 amide bonds. The lowest BCUT2D eigenvalue weighted by Crippen LogP contribution is -2.53. The number of carboxylic acids is 1. The molecule has 1 unspecified atom stereocenters. The molecule has 0 radical (unpaired) electrons. The van der Waals surface area contributed by atoms with Gasteiger partial charge in [0, 0.05) is 18.9 Å². The Morgan fingerprint density at radius 1 is 1.53 bits per heavy atom. The normalized spacial score (nSPS) is 19.2. The van der Waals surface area contributed by atoms with E-state index in [1.807, 2.05) is 0 Å². The molecular formula is C11H13N3O5. The summed E-state index contributed by atoms with van der Waals surface area (Å²) < 4.78 is 6.18. The third-order valence-electron chi connectivity index (χ3n) is 2.82. The number of hydrogen-bond acceptors (Lipinski definition) is 5. The van der Waals surface area contributed by atoms with E-state index in [9.17, 15) is 14.4 Å². The molecule has 0 spiro atoms. The molecule has 8 heteroatoms. The minimum atomic E-state index is -1.12. The van der Waals surface area contributed by atoms with Crippen LogP contribution in [-0.2, 0) is 20.9 Å². The van der Waals surface area contributed by atoms with Crippen molar-refractivity contribution in [1.82, 2.24) is 14.5 Å². The Labute approximate surface area is 108 Å². The fraction of sp³-hybridized carbons (Fsp3) is 0.455. The second-order valence-corrected chi connectivity index (χ2v) is 4.05. The van der Waals surface area contributed by atoms with Gasteiger partial charge in [-0.05, 0) is 6.07 Å². The largest absolute Gasteiger partial charge is 0.480 e. The van der Waals surface area contributed by atoms with E-state index in [1.54, 1.807) is 0 Å². The zero-order chi connectivity index (χ0) is 13.8. The highest BCUT2D eigenvalue weighted by molar-refractivity contribution is 5.83. The van der Waals surface area contributed by atoms with E-state index in [1.165, 1.54) is 23.4 Å². The number of nitrogens with zero attached hydrogens (tertiary/aromatic N) is 3. The van der Waals surface area contributed by atoms with Crippen LogP contribution in [-0.4, -0.2) is 57.2 Å². The van der Waals surface area contributed by atoms with Crippen LogP contribution in [0, 0.1) is 0 Å². The summed E-state index contributed by atoms with van der Waals surface area (Å²) in [5.74, 6) is -1.56. The fourth-order valence-corrected chi connectivity index (χ4v) is 1.85. The molecule has 1 aliphatic rings. The smallest absolute Gasteiger partial charge is 0.347 e. The number of morpholine rings is 1. The molecule has 1 aliphatic heterocycles. The maximum atomic E-state index is 12.1. The monoisotopic (exact) mass is 267 g/mol. The van der Waals surface area contributed by atoms with Gasteiger partial charge in [0.05, 0.1) is 13.2 Å². The Hall–Kier alpha value is -2.22. The van der Waals surface area contributed by atoms with Gasteiger partial charge in [0.2, 0.25) is 5.91 Å². The molecule has 2 heterocycles. The highest BCUT2D eigenvalue weighted by Crippen LogP contribution is 2.08. The van der Waals surface area contributed by atoms with E-state index >= 15 is 0 Å². The van der Waals surface area contributed by atoms with Gasteiger partial charge in [-0.2, -0.15) is 0 Å². The number of carbonyl (C=O) groups excluding carboxylic acids is 1. The molecule has 0 aliphatic carbocycles. The lowest BCUT2D eigenvalue weighted by atomic mass is 10.2. The van der Waals surface area contributed by atoms with Crippen molar-refractivity contribution in [3.05, 3.63) is 28.9 Å². The number of aromatic nitrogens is 2. The highest BCUT2D eigenvalue weighted by atomic mass is 16.5. The Bertz CT molecular complexity index is 541. The Morgan fingerprint density at radius 3 is 3.00 bits per heavy atom. The number of rotatable bonds is 3. The molecule has 1 fully saturated rings. The molecule has 19 heavy (non-hydrogen) atoms. The first-order valence-electron chi connectivity index (χ1n) is 5.71. The number of carboxylic acid groups (broad SMARTS) is 1. The predicted octanol–water partition coefficient (Wildman–Crippen LogP) is -1.44. The van der Waals surface area contributed by atoms with Crippen LogP contribution < -0.4 is 5.69 Å². The average Bonchev–Trinajstić information content (AvgIpc) is 2.41. The summed E-state index contributed by atoms with van der Waals surface area (Å²) in [6.45, 7) is 0.224. The quantitative estimate of drug-likeness (QED) is 0.719. The maximum Gasteiger partial charge on any atom is 0.347 e. The summed E-state index contributed by atoms with van der Waals surface area (Å²) >= 11 is 0. The van der Waals surface area contributed by atoms with E-state index in [2.05, 4.69) is 4.98 Å². The molecule has 102 valence electrons. The third kappa shape index (κ3) is 2.97. The Kier molecular flexibility index (Phi) is 3.91. The third-order valence-corrected chi connectivity index (χ3v) is 2.82. The van der Waals surface area contributed by atoms with Gasteiger partial charge in [-0.25, -0.2) is 14.6 Å². The van der Waals surface area contributed by atoms with Crippen LogP contribution >= 0.6 is 0 Å². The van der Waals surface area contributed by atoms with E-state index in [0.29, 0.717) is 0 Å². The van der Waals surface area contributed by atoms with Crippen LogP contribution in [0.25, 0.3) is 0 Å².